The molecule has 0 amide bonds. The van der Waals surface area contributed by atoms with Crippen LogP contribution < -0.4 is 20.1 Å². The SMILES string of the molecule is CCNC(=NCc1ccc(OC(F)F)c(OCC)c1)NCC1CCCS1. The number of nitrogens with zero attached hydrogens (tertiary/aromatic N) is 1. The van der Waals surface area contributed by atoms with Crippen LogP contribution in [-0.2, 0) is 6.54 Å². The van der Waals surface area contributed by atoms with Crippen molar-refractivity contribution >= 4 is 17.7 Å². The van der Waals surface area contributed by atoms with Gasteiger partial charge < -0.3 is 20.1 Å². The van der Waals surface area contributed by atoms with Gasteiger partial charge in [0.15, 0.2) is 17.5 Å². The molecule has 0 aromatic heterocycles. The van der Waals surface area contributed by atoms with Crippen LogP contribution in [0, 0.1) is 0 Å². The van der Waals surface area contributed by atoms with Gasteiger partial charge in [0.2, 0.25) is 0 Å². The zero-order valence-electron chi connectivity index (χ0n) is 15.3. The van der Waals surface area contributed by atoms with Crippen molar-refractivity contribution in [2.45, 2.75) is 45.1 Å². The highest BCUT2D eigenvalue weighted by molar-refractivity contribution is 8.00. The fourth-order valence-corrected chi connectivity index (χ4v) is 3.84. The number of hydrogen-bond donors (Lipinski definition) is 2. The molecule has 0 bridgehead atoms. The van der Waals surface area contributed by atoms with E-state index in [0.29, 0.717) is 24.2 Å². The maximum atomic E-state index is 12.5. The van der Waals surface area contributed by atoms with Crippen molar-refractivity contribution in [3.8, 4) is 11.5 Å². The fraction of sp³-hybridized carbons (Fsp3) is 0.611. The zero-order chi connectivity index (χ0) is 18.8. The van der Waals surface area contributed by atoms with Crippen LogP contribution in [0.4, 0.5) is 8.78 Å². The number of halogens is 2. The lowest BCUT2D eigenvalue weighted by Gasteiger charge is -2.15. The van der Waals surface area contributed by atoms with E-state index in [1.165, 1.54) is 24.7 Å². The Hall–Kier alpha value is -1.70. The molecule has 1 heterocycles. The van der Waals surface area contributed by atoms with Crippen LogP contribution in [0.15, 0.2) is 23.2 Å². The number of guanidine groups is 1. The van der Waals surface area contributed by atoms with E-state index in [1.54, 1.807) is 19.1 Å². The molecule has 1 aliphatic heterocycles. The number of rotatable bonds is 9. The van der Waals surface area contributed by atoms with Crippen molar-refractivity contribution in [2.75, 3.05) is 25.4 Å². The summed E-state index contributed by atoms with van der Waals surface area (Å²) in [6.07, 6.45) is 2.51. The van der Waals surface area contributed by atoms with E-state index >= 15 is 0 Å². The third-order valence-electron chi connectivity index (χ3n) is 3.81. The molecule has 8 heteroatoms. The second kappa shape index (κ2) is 11.1. The Labute approximate surface area is 157 Å². The summed E-state index contributed by atoms with van der Waals surface area (Å²) in [6.45, 7) is 3.39. The molecular formula is C18H27F2N3O2S. The van der Waals surface area contributed by atoms with E-state index in [1.807, 2.05) is 18.7 Å². The second-order valence-corrected chi connectivity index (χ2v) is 7.21. The van der Waals surface area contributed by atoms with Gasteiger partial charge in [0, 0.05) is 18.3 Å². The summed E-state index contributed by atoms with van der Waals surface area (Å²) >= 11 is 1.99. The normalized spacial score (nSPS) is 17.4. The maximum absolute atomic E-state index is 12.5. The van der Waals surface area contributed by atoms with Gasteiger partial charge in [-0.05, 0) is 50.1 Å². The molecule has 1 aromatic carbocycles. The minimum absolute atomic E-state index is 0.0397. The Morgan fingerprint density at radius 1 is 1.31 bits per heavy atom. The van der Waals surface area contributed by atoms with Crippen LogP contribution in [0.3, 0.4) is 0 Å². The molecule has 1 fully saturated rings. The molecule has 26 heavy (non-hydrogen) atoms. The van der Waals surface area contributed by atoms with Crippen LogP contribution in [0.5, 0.6) is 11.5 Å². The number of hydrogen-bond acceptors (Lipinski definition) is 4. The van der Waals surface area contributed by atoms with Gasteiger partial charge in [0.25, 0.3) is 0 Å². The Kier molecular flexibility index (Phi) is 8.80. The van der Waals surface area contributed by atoms with Gasteiger partial charge in [0.1, 0.15) is 0 Å². The van der Waals surface area contributed by atoms with Crippen molar-refractivity contribution in [3.63, 3.8) is 0 Å². The van der Waals surface area contributed by atoms with E-state index in [4.69, 9.17) is 4.74 Å². The molecule has 1 aromatic rings. The van der Waals surface area contributed by atoms with Crippen LogP contribution in [0.2, 0.25) is 0 Å². The van der Waals surface area contributed by atoms with Gasteiger partial charge in [-0.25, -0.2) is 4.99 Å². The van der Waals surface area contributed by atoms with E-state index in [2.05, 4.69) is 20.4 Å². The van der Waals surface area contributed by atoms with Crippen molar-refractivity contribution < 1.29 is 18.3 Å². The number of alkyl halides is 2. The van der Waals surface area contributed by atoms with E-state index in [-0.39, 0.29) is 5.75 Å². The molecule has 1 saturated heterocycles. The lowest BCUT2D eigenvalue weighted by molar-refractivity contribution is -0.0514. The van der Waals surface area contributed by atoms with Gasteiger partial charge in [-0.1, -0.05) is 6.07 Å². The van der Waals surface area contributed by atoms with E-state index < -0.39 is 6.61 Å². The molecular weight excluding hydrogens is 360 g/mol. The van der Waals surface area contributed by atoms with Crippen molar-refractivity contribution in [3.05, 3.63) is 23.8 Å². The van der Waals surface area contributed by atoms with E-state index in [9.17, 15) is 8.78 Å². The summed E-state index contributed by atoms with van der Waals surface area (Å²) in [7, 11) is 0. The summed E-state index contributed by atoms with van der Waals surface area (Å²) in [6, 6.07) is 4.92. The van der Waals surface area contributed by atoms with Crippen LogP contribution in [0.1, 0.15) is 32.3 Å². The highest BCUT2D eigenvalue weighted by Gasteiger charge is 2.15. The molecule has 1 atom stereocenters. The van der Waals surface area contributed by atoms with Crippen LogP contribution in [0.25, 0.3) is 0 Å². The lowest BCUT2D eigenvalue weighted by Crippen LogP contribution is -2.40. The fourth-order valence-electron chi connectivity index (χ4n) is 2.64. The Balaban J connectivity index is 2.00. The largest absolute Gasteiger partial charge is 0.490 e. The molecule has 0 radical (unpaired) electrons. The van der Waals surface area contributed by atoms with Gasteiger partial charge in [-0.2, -0.15) is 20.5 Å². The molecule has 0 spiro atoms. The monoisotopic (exact) mass is 387 g/mol. The number of aliphatic imine (C=N–C) groups is 1. The average molecular weight is 387 g/mol. The summed E-state index contributed by atoms with van der Waals surface area (Å²) < 4.78 is 34.8. The van der Waals surface area contributed by atoms with Crippen molar-refractivity contribution in [1.29, 1.82) is 0 Å². The first-order chi connectivity index (χ1) is 12.6. The standard InChI is InChI=1S/C18H27F2N3O2S/c1-3-21-18(23-12-14-6-5-9-26-14)22-11-13-7-8-15(25-17(19)20)16(10-13)24-4-2/h7-8,10,14,17H,3-6,9,11-12H2,1-2H3,(H2,21,22,23). The average Bonchev–Trinajstić information content (AvgIpc) is 3.13. The number of thioether (sulfide) groups is 1. The third-order valence-corrected chi connectivity index (χ3v) is 5.21. The van der Waals surface area contributed by atoms with Crippen molar-refractivity contribution in [2.24, 2.45) is 4.99 Å². The molecule has 5 nitrogen and oxygen atoms in total. The summed E-state index contributed by atoms with van der Waals surface area (Å²) in [5, 5.41) is 7.24. The highest BCUT2D eigenvalue weighted by atomic mass is 32.2. The topological polar surface area (TPSA) is 54.9 Å². The molecule has 2 rings (SSSR count). The quantitative estimate of drug-likeness (QED) is 0.501. The van der Waals surface area contributed by atoms with E-state index in [0.717, 1.165) is 24.6 Å². The van der Waals surface area contributed by atoms with Crippen LogP contribution in [-0.4, -0.2) is 43.3 Å². The Morgan fingerprint density at radius 2 is 2.15 bits per heavy atom. The highest BCUT2D eigenvalue weighted by Crippen LogP contribution is 2.30. The molecule has 2 N–H and O–H groups in total. The smallest absolute Gasteiger partial charge is 0.387 e. The Bertz CT molecular complexity index is 582. The van der Waals surface area contributed by atoms with Crippen LogP contribution >= 0.6 is 11.8 Å². The zero-order valence-corrected chi connectivity index (χ0v) is 16.1. The molecule has 1 unspecified atom stereocenters. The molecule has 1 aliphatic rings. The first-order valence-corrected chi connectivity index (χ1v) is 10.0. The number of nitrogens with one attached hydrogen (secondary N) is 2. The molecule has 146 valence electrons. The lowest BCUT2D eigenvalue weighted by atomic mass is 10.2. The summed E-state index contributed by atoms with van der Waals surface area (Å²) in [5.74, 6) is 2.33. The number of ether oxygens (including phenoxy) is 2. The van der Waals surface area contributed by atoms with Gasteiger partial charge in [-0.3, -0.25) is 0 Å². The Morgan fingerprint density at radius 3 is 2.81 bits per heavy atom. The molecule has 0 aliphatic carbocycles. The minimum Gasteiger partial charge on any atom is -0.490 e. The third kappa shape index (κ3) is 6.90. The predicted octanol–water partition coefficient (Wildman–Crippen LogP) is 3.64. The second-order valence-electron chi connectivity index (χ2n) is 5.80. The van der Waals surface area contributed by atoms with Crippen molar-refractivity contribution in [1.82, 2.24) is 10.6 Å². The van der Waals surface area contributed by atoms with Gasteiger partial charge >= 0.3 is 6.61 Å². The van der Waals surface area contributed by atoms with Gasteiger partial charge in [0.05, 0.1) is 13.2 Å². The minimum atomic E-state index is -2.88. The number of benzene rings is 1. The first-order valence-electron chi connectivity index (χ1n) is 8.96. The first kappa shape index (κ1) is 20.6. The predicted molar refractivity (Wildman–Crippen MR) is 103 cm³/mol. The summed E-state index contributed by atoms with van der Waals surface area (Å²) in [4.78, 5) is 4.58. The van der Waals surface area contributed by atoms with Gasteiger partial charge in [-0.15, -0.1) is 0 Å². The molecule has 0 saturated carbocycles. The summed E-state index contributed by atoms with van der Waals surface area (Å²) in [5.41, 5.74) is 0.863. The maximum Gasteiger partial charge on any atom is 0.387 e.